The molecule has 0 saturated carbocycles. The normalized spacial score (nSPS) is 13.3. The topological polar surface area (TPSA) is 12.0 Å². The molecule has 0 saturated heterocycles. The highest BCUT2D eigenvalue weighted by atomic mass is 14.9. The molecule has 18 heavy (non-hydrogen) atoms. The fourth-order valence-electron chi connectivity index (χ4n) is 2.41. The molecule has 102 valence electrons. The summed E-state index contributed by atoms with van der Waals surface area (Å²) in [7, 11) is 0. The summed E-state index contributed by atoms with van der Waals surface area (Å²) in [5.41, 5.74) is 2.88. The predicted octanol–water partition coefficient (Wildman–Crippen LogP) is 4.58. The van der Waals surface area contributed by atoms with Crippen molar-refractivity contribution in [2.45, 2.75) is 53.5 Å². The van der Waals surface area contributed by atoms with Crippen LogP contribution in [0, 0.1) is 11.8 Å². The van der Waals surface area contributed by atoms with Crippen LogP contribution in [-0.4, -0.2) is 6.54 Å². The molecule has 0 aliphatic rings. The SMILES string of the molecule is CCNC(CC(C)C)c1ccc(CC(C)C)cc1. The fourth-order valence-corrected chi connectivity index (χ4v) is 2.41. The van der Waals surface area contributed by atoms with Crippen molar-refractivity contribution in [3.05, 3.63) is 35.4 Å². The molecule has 1 heteroatoms. The van der Waals surface area contributed by atoms with Gasteiger partial charge in [0.25, 0.3) is 0 Å². The maximum atomic E-state index is 3.59. The van der Waals surface area contributed by atoms with E-state index in [9.17, 15) is 0 Å². The Morgan fingerprint density at radius 3 is 2.00 bits per heavy atom. The molecule has 1 aromatic rings. The molecule has 1 N–H and O–H groups in total. The van der Waals surface area contributed by atoms with Crippen LogP contribution in [0.3, 0.4) is 0 Å². The summed E-state index contributed by atoms with van der Waals surface area (Å²) in [5.74, 6) is 1.46. The zero-order chi connectivity index (χ0) is 13.5. The molecule has 1 atom stereocenters. The van der Waals surface area contributed by atoms with Crippen LogP contribution in [0.2, 0.25) is 0 Å². The molecule has 0 aromatic heterocycles. The van der Waals surface area contributed by atoms with Crippen LogP contribution in [0.25, 0.3) is 0 Å². The molecule has 0 bridgehead atoms. The van der Waals surface area contributed by atoms with Gasteiger partial charge in [-0.15, -0.1) is 0 Å². The van der Waals surface area contributed by atoms with Crippen LogP contribution in [0.1, 0.15) is 58.2 Å². The van der Waals surface area contributed by atoms with Crippen molar-refractivity contribution in [3.63, 3.8) is 0 Å². The van der Waals surface area contributed by atoms with E-state index in [2.05, 4.69) is 64.2 Å². The van der Waals surface area contributed by atoms with Gasteiger partial charge < -0.3 is 5.32 Å². The predicted molar refractivity (Wildman–Crippen MR) is 80.9 cm³/mol. The maximum absolute atomic E-state index is 3.59. The lowest BCUT2D eigenvalue weighted by atomic mass is 9.95. The lowest BCUT2D eigenvalue weighted by Crippen LogP contribution is -2.22. The molecule has 0 radical (unpaired) electrons. The summed E-state index contributed by atoms with van der Waals surface area (Å²) in [6.07, 6.45) is 2.38. The first kappa shape index (κ1) is 15.2. The van der Waals surface area contributed by atoms with E-state index in [0.29, 0.717) is 6.04 Å². The first-order chi connectivity index (χ1) is 8.52. The lowest BCUT2D eigenvalue weighted by molar-refractivity contribution is 0.438. The standard InChI is InChI=1S/C17H29N/c1-6-18-17(12-14(4)5)16-9-7-15(8-10-16)11-13(2)3/h7-10,13-14,17-18H,6,11-12H2,1-5H3. The molecular weight excluding hydrogens is 218 g/mol. The first-order valence-corrected chi connectivity index (χ1v) is 7.35. The van der Waals surface area contributed by atoms with Crippen LogP contribution in [0.5, 0.6) is 0 Å². The summed E-state index contributed by atoms with van der Waals surface area (Å²) >= 11 is 0. The van der Waals surface area contributed by atoms with Gasteiger partial charge in [0, 0.05) is 6.04 Å². The van der Waals surface area contributed by atoms with Crippen molar-refractivity contribution < 1.29 is 0 Å². The van der Waals surface area contributed by atoms with Crippen molar-refractivity contribution in [3.8, 4) is 0 Å². The van der Waals surface area contributed by atoms with Gasteiger partial charge in [-0.1, -0.05) is 58.9 Å². The monoisotopic (exact) mass is 247 g/mol. The second kappa shape index (κ2) is 7.58. The Kier molecular flexibility index (Phi) is 6.42. The molecule has 0 amide bonds. The highest BCUT2D eigenvalue weighted by molar-refractivity contribution is 5.25. The Hall–Kier alpha value is -0.820. The number of benzene rings is 1. The van der Waals surface area contributed by atoms with Crippen LogP contribution < -0.4 is 5.32 Å². The number of hydrogen-bond donors (Lipinski definition) is 1. The third kappa shape index (κ3) is 5.22. The van der Waals surface area contributed by atoms with Crippen molar-refractivity contribution >= 4 is 0 Å². The molecule has 1 rings (SSSR count). The van der Waals surface area contributed by atoms with E-state index in [1.807, 2.05) is 0 Å². The van der Waals surface area contributed by atoms with Crippen LogP contribution >= 0.6 is 0 Å². The molecule has 1 nitrogen and oxygen atoms in total. The van der Waals surface area contributed by atoms with E-state index in [1.54, 1.807) is 0 Å². The lowest BCUT2D eigenvalue weighted by Gasteiger charge is -2.20. The van der Waals surface area contributed by atoms with Gasteiger partial charge in [0.05, 0.1) is 0 Å². The second-order valence-corrected chi connectivity index (χ2v) is 6.08. The third-order valence-electron chi connectivity index (χ3n) is 3.18. The van der Waals surface area contributed by atoms with Crippen LogP contribution in [-0.2, 0) is 6.42 Å². The Balaban J connectivity index is 2.73. The minimum Gasteiger partial charge on any atom is -0.310 e. The Bertz CT molecular complexity index is 324. The highest BCUT2D eigenvalue weighted by Crippen LogP contribution is 2.22. The smallest absolute Gasteiger partial charge is 0.0322 e. The van der Waals surface area contributed by atoms with Gasteiger partial charge >= 0.3 is 0 Å². The largest absolute Gasteiger partial charge is 0.310 e. The van der Waals surface area contributed by atoms with E-state index >= 15 is 0 Å². The van der Waals surface area contributed by atoms with Gasteiger partial charge in [-0.05, 0) is 42.3 Å². The van der Waals surface area contributed by atoms with Crippen molar-refractivity contribution in [1.29, 1.82) is 0 Å². The molecular formula is C17H29N. The Morgan fingerprint density at radius 1 is 0.944 bits per heavy atom. The summed E-state index contributed by atoms with van der Waals surface area (Å²) in [6.45, 7) is 12.3. The summed E-state index contributed by atoms with van der Waals surface area (Å²) in [4.78, 5) is 0. The fraction of sp³-hybridized carbons (Fsp3) is 0.647. The van der Waals surface area contributed by atoms with Crippen molar-refractivity contribution in [1.82, 2.24) is 5.32 Å². The zero-order valence-corrected chi connectivity index (χ0v) is 12.7. The highest BCUT2D eigenvalue weighted by Gasteiger charge is 2.12. The quantitative estimate of drug-likeness (QED) is 0.743. The van der Waals surface area contributed by atoms with Gasteiger partial charge in [-0.25, -0.2) is 0 Å². The minimum absolute atomic E-state index is 0.503. The van der Waals surface area contributed by atoms with Crippen molar-refractivity contribution in [2.24, 2.45) is 11.8 Å². The van der Waals surface area contributed by atoms with Crippen LogP contribution in [0.15, 0.2) is 24.3 Å². The zero-order valence-electron chi connectivity index (χ0n) is 12.7. The van der Waals surface area contributed by atoms with Gasteiger partial charge in [0.2, 0.25) is 0 Å². The third-order valence-corrected chi connectivity index (χ3v) is 3.18. The average Bonchev–Trinajstić information content (AvgIpc) is 2.28. The second-order valence-electron chi connectivity index (χ2n) is 6.08. The summed E-state index contributed by atoms with van der Waals surface area (Å²) in [6, 6.07) is 9.68. The van der Waals surface area contributed by atoms with Gasteiger partial charge in [-0.2, -0.15) is 0 Å². The maximum Gasteiger partial charge on any atom is 0.0322 e. The molecule has 0 heterocycles. The Labute approximate surface area is 113 Å². The van der Waals surface area contributed by atoms with Gasteiger partial charge in [0.1, 0.15) is 0 Å². The van der Waals surface area contributed by atoms with Crippen molar-refractivity contribution in [2.75, 3.05) is 6.54 Å². The van der Waals surface area contributed by atoms with Gasteiger partial charge in [0.15, 0.2) is 0 Å². The van der Waals surface area contributed by atoms with Crippen LogP contribution in [0.4, 0.5) is 0 Å². The molecule has 0 fully saturated rings. The first-order valence-electron chi connectivity index (χ1n) is 7.35. The van der Waals surface area contributed by atoms with E-state index in [-0.39, 0.29) is 0 Å². The molecule has 0 aliphatic heterocycles. The van der Waals surface area contributed by atoms with E-state index in [4.69, 9.17) is 0 Å². The number of rotatable bonds is 7. The van der Waals surface area contributed by atoms with E-state index in [0.717, 1.165) is 18.4 Å². The van der Waals surface area contributed by atoms with E-state index in [1.165, 1.54) is 24.0 Å². The number of nitrogens with one attached hydrogen (secondary N) is 1. The molecule has 0 spiro atoms. The number of hydrogen-bond acceptors (Lipinski definition) is 1. The average molecular weight is 247 g/mol. The molecule has 1 unspecified atom stereocenters. The summed E-state index contributed by atoms with van der Waals surface area (Å²) in [5, 5.41) is 3.59. The Morgan fingerprint density at radius 2 is 1.56 bits per heavy atom. The molecule has 0 aliphatic carbocycles. The summed E-state index contributed by atoms with van der Waals surface area (Å²) < 4.78 is 0. The van der Waals surface area contributed by atoms with Gasteiger partial charge in [-0.3, -0.25) is 0 Å². The molecule has 1 aromatic carbocycles. The van der Waals surface area contributed by atoms with E-state index < -0.39 is 0 Å². The minimum atomic E-state index is 0.503.